The molecular weight excluding hydrogens is 260 g/mol. The molecule has 1 aromatic rings. The zero-order chi connectivity index (χ0) is 14.5. The summed E-state index contributed by atoms with van der Waals surface area (Å²) < 4.78 is 4.88. The van der Waals surface area contributed by atoms with E-state index >= 15 is 0 Å². The normalized spacial score (nSPS) is 13.3. The summed E-state index contributed by atoms with van der Waals surface area (Å²) in [5.41, 5.74) is 2.37. The smallest absolute Gasteiger partial charge is 0.411 e. The molecule has 0 aromatic heterocycles. The third-order valence-corrected chi connectivity index (χ3v) is 3.16. The van der Waals surface area contributed by atoms with Crippen molar-refractivity contribution in [3.63, 3.8) is 0 Å². The fraction of sp³-hybridized carbons (Fsp3) is 0.429. The molecule has 6 heteroatoms. The van der Waals surface area contributed by atoms with Gasteiger partial charge in [0.05, 0.1) is 18.0 Å². The van der Waals surface area contributed by atoms with Gasteiger partial charge in [0, 0.05) is 19.5 Å². The van der Waals surface area contributed by atoms with E-state index in [2.05, 4.69) is 5.32 Å². The van der Waals surface area contributed by atoms with E-state index in [4.69, 9.17) is 4.74 Å². The van der Waals surface area contributed by atoms with Crippen molar-refractivity contribution in [3.8, 4) is 0 Å². The maximum Gasteiger partial charge on any atom is 0.411 e. The molecule has 20 heavy (non-hydrogen) atoms. The second-order valence-corrected chi connectivity index (χ2v) is 4.52. The van der Waals surface area contributed by atoms with E-state index in [0.29, 0.717) is 38.2 Å². The first-order valence-corrected chi connectivity index (χ1v) is 6.64. The minimum absolute atomic E-state index is 0.238. The van der Waals surface area contributed by atoms with Crippen molar-refractivity contribution in [3.05, 3.63) is 23.8 Å². The monoisotopic (exact) mass is 278 g/mol. The Bertz CT molecular complexity index is 516. The Hall–Kier alpha value is -2.24. The number of nitrogens with one attached hydrogen (secondary N) is 1. The van der Waals surface area contributed by atoms with Crippen LogP contribution in [0.2, 0.25) is 0 Å². The van der Waals surface area contributed by atoms with Crippen LogP contribution in [0, 0.1) is 0 Å². The molecule has 1 heterocycles. The van der Waals surface area contributed by atoms with Gasteiger partial charge in [-0.2, -0.15) is 0 Å². The van der Waals surface area contributed by atoms with Gasteiger partial charge >= 0.3 is 12.1 Å². The van der Waals surface area contributed by atoms with Crippen molar-refractivity contribution in [2.45, 2.75) is 19.8 Å². The molecule has 0 unspecified atom stereocenters. The first-order valence-electron chi connectivity index (χ1n) is 6.64. The summed E-state index contributed by atoms with van der Waals surface area (Å²) in [5.74, 6) is -0.238. The second-order valence-electron chi connectivity index (χ2n) is 4.52. The van der Waals surface area contributed by atoms with E-state index in [9.17, 15) is 14.7 Å². The summed E-state index contributed by atoms with van der Waals surface area (Å²) in [7, 11) is 0. The number of nitrogens with zero attached hydrogens (tertiary/aromatic N) is 1. The standard InChI is InChI=1S/C14H18N2O4/c1-2-20-13(17)6-4-10-3-5-11-12(9-10)16(14(18)19)8-7-15-11/h3,5,9,15H,2,4,6-8H2,1H3,(H,18,19). The molecule has 0 fully saturated rings. The predicted octanol–water partition coefficient (Wildman–Crippen LogP) is 2.09. The molecule has 1 aliphatic rings. The largest absolute Gasteiger partial charge is 0.466 e. The Balaban J connectivity index is 2.11. The molecule has 2 rings (SSSR count). The van der Waals surface area contributed by atoms with Crippen LogP contribution in [0.4, 0.5) is 16.2 Å². The number of aryl methyl sites for hydroxylation is 1. The van der Waals surface area contributed by atoms with Crippen molar-refractivity contribution >= 4 is 23.4 Å². The van der Waals surface area contributed by atoms with Crippen LogP contribution in [0.15, 0.2) is 18.2 Å². The van der Waals surface area contributed by atoms with Crippen LogP contribution in [-0.4, -0.2) is 36.9 Å². The van der Waals surface area contributed by atoms with Gasteiger partial charge in [-0.05, 0) is 31.0 Å². The van der Waals surface area contributed by atoms with E-state index in [1.807, 2.05) is 18.2 Å². The molecule has 0 spiro atoms. The summed E-state index contributed by atoms with van der Waals surface area (Å²) in [6.07, 6.45) is -0.123. The third-order valence-electron chi connectivity index (χ3n) is 3.16. The molecule has 1 amide bonds. The fourth-order valence-corrected chi connectivity index (χ4v) is 2.21. The quantitative estimate of drug-likeness (QED) is 0.824. The van der Waals surface area contributed by atoms with E-state index in [1.54, 1.807) is 6.92 Å². The molecule has 0 bridgehead atoms. The highest BCUT2D eigenvalue weighted by Crippen LogP contribution is 2.30. The molecule has 1 aliphatic heterocycles. The van der Waals surface area contributed by atoms with Crippen molar-refractivity contribution in [2.75, 3.05) is 29.9 Å². The number of carboxylic acid groups (broad SMARTS) is 1. The second kappa shape index (κ2) is 6.27. The number of hydrogen-bond donors (Lipinski definition) is 2. The molecule has 6 nitrogen and oxygen atoms in total. The van der Waals surface area contributed by atoms with Crippen LogP contribution in [0.5, 0.6) is 0 Å². The summed E-state index contributed by atoms with van der Waals surface area (Å²) in [6.45, 7) is 3.16. The minimum atomic E-state index is -0.963. The number of carbonyl (C=O) groups excluding carboxylic acids is 1. The summed E-state index contributed by atoms with van der Waals surface area (Å²) in [6, 6.07) is 5.57. The van der Waals surface area contributed by atoms with Crippen LogP contribution in [0.3, 0.4) is 0 Å². The SMILES string of the molecule is CCOC(=O)CCc1ccc2c(c1)N(C(=O)O)CCN2. The highest BCUT2D eigenvalue weighted by molar-refractivity contribution is 5.92. The lowest BCUT2D eigenvalue weighted by Crippen LogP contribution is -2.37. The first-order chi connectivity index (χ1) is 9.61. The lowest BCUT2D eigenvalue weighted by Gasteiger charge is -2.28. The van der Waals surface area contributed by atoms with E-state index in [0.717, 1.165) is 11.3 Å². The number of rotatable bonds is 4. The van der Waals surface area contributed by atoms with Crippen molar-refractivity contribution in [2.24, 2.45) is 0 Å². The Morgan fingerprint density at radius 2 is 2.25 bits per heavy atom. The van der Waals surface area contributed by atoms with Gasteiger partial charge in [-0.25, -0.2) is 4.79 Å². The topological polar surface area (TPSA) is 78.9 Å². The Labute approximate surface area is 117 Å². The number of anilines is 2. The number of ether oxygens (including phenoxy) is 1. The zero-order valence-electron chi connectivity index (χ0n) is 11.4. The van der Waals surface area contributed by atoms with Gasteiger partial charge in [0.25, 0.3) is 0 Å². The summed E-state index contributed by atoms with van der Waals surface area (Å²) in [5, 5.41) is 12.4. The third kappa shape index (κ3) is 3.20. The average Bonchev–Trinajstić information content (AvgIpc) is 2.44. The molecule has 1 aromatic carbocycles. The van der Waals surface area contributed by atoms with Crippen LogP contribution < -0.4 is 10.2 Å². The Morgan fingerprint density at radius 3 is 2.95 bits per heavy atom. The van der Waals surface area contributed by atoms with E-state index < -0.39 is 6.09 Å². The summed E-state index contributed by atoms with van der Waals surface area (Å²) >= 11 is 0. The fourth-order valence-electron chi connectivity index (χ4n) is 2.21. The van der Waals surface area contributed by atoms with Crippen molar-refractivity contribution < 1.29 is 19.4 Å². The zero-order valence-corrected chi connectivity index (χ0v) is 11.4. The molecule has 0 aliphatic carbocycles. The highest BCUT2D eigenvalue weighted by atomic mass is 16.5. The highest BCUT2D eigenvalue weighted by Gasteiger charge is 2.21. The van der Waals surface area contributed by atoms with E-state index in [-0.39, 0.29) is 5.97 Å². The molecule has 0 atom stereocenters. The maximum atomic E-state index is 11.3. The van der Waals surface area contributed by atoms with Crippen molar-refractivity contribution in [1.82, 2.24) is 0 Å². The number of hydrogen-bond acceptors (Lipinski definition) is 4. The molecule has 2 N–H and O–H groups in total. The van der Waals surface area contributed by atoms with Gasteiger partial charge in [0.15, 0.2) is 0 Å². The number of fused-ring (bicyclic) bond motifs is 1. The summed E-state index contributed by atoms with van der Waals surface area (Å²) in [4.78, 5) is 23.9. The Morgan fingerprint density at radius 1 is 1.45 bits per heavy atom. The minimum Gasteiger partial charge on any atom is -0.466 e. The molecule has 0 saturated carbocycles. The lowest BCUT2D eigenvalue weighted by atomic mass is 10.1. The molecule has 108 valence electrons. The van der Waals surface area contributed by atoms with Gasteiger partial charge in [-0.1, -0.05) is 6.07 Å². The lowest BCUT2D eigenvalue weighted by molar-refractivity contribution is -0.143. The number of amides is 1. The van der Waals surface area contributed by atoms with Gasteiger partial charge < -0.3 is 15.2 Å². The van der Waals surface area contributed by atoms with Crippen molar-refractivity contribution in [1.29, 1.82) is 0 Å². The molecule has 0 radical (unpaired) electrons. The predicted molar refractivity (Wildman–Crippen MR) is 75.3 cm³/mol. The maximum absolute atomic E-state index is 11.3. The van der Waals surface area contributed by atoms with Gasteiger partial charge in [0.2, 0.25) is 0 Å². The van der Waals surface area contributed by atoms with Crippen LogP contribution in [-0.2, 0) is 16.0 Å². The first kappa shape index (κ1) is 14.2. The van der Waals surface area contributed by atoms with Gasteiger partial charge in [-0.3, -0.25) is 9.69 Å². The number of esters is 1. The van der Waals surface area contributed by atoms with Crippen LogP contribution >= 0.6 is 0 Å². The number of carbonyl (C=O) groups is 2. The molecular formula is C14H18N2O4. The van der Waals surface area contributed by atoms with Crippen LogP contribution in [0.1, 0.15) is 18.9 Å². The van der Waals surface area contributed by atoms with Gasteiger partial charge in [-0.15, -0.1) is 0 Å². The van der Waals surface area contributed by atoms with Gasteiger partial charge in [0.1, 0.15) is 0 Å². The van der Waals surface area contributed by atoms with Crippen LogP contribution in [0.25, 0.3) is 0 Å². The average molecular weight is 278 g/mol. The number of benzene rings is 1. The molecule has 0 saturated heterocycles. The van der Waals surface area contributed by atoms with E-state index in [1.165, 1.54) is 4.90 Å². The Kier molecular flexibility index (Phi) is 4.45.